The molecule has 0 aliphatic carbocycles. The molecule has 0 spiro atoms. The van der Waals surface area contributed by atoms with Gasteiger partial charge in [0.2, 0.25) is 0 Å². The van der Waals surface area contributed by atoms with E-state index in [0.717, 1.165) is 24.1 Å². The van der Waals surface area contributed by atoms with E-state index in [1.165, 1.54) is 42.1 Å². The van der Waals surface area contributed by atoms with Crippen LogP contribution < -0.4 is 0 Å². The monoisotopic (exact) mass is 482 g/mol. The predicted molar refractivity (Wildman–Crippen MR) is 129 cm³/mol. The van der Waals surface area contributed by atoms with E-state index in [1.807, 2.05) is 0 Å². The lowest BCUT2D eigenvalue weighted by Crippen LogP contribution is -2.06. The molecule has 0 radical (unpaired) electrons. The van der Waals surface area contributed by atoms with E-state index in [9.17, 15) is 0 Å². The first-order valence-corrected chi connectivity index (χ1v) is 11.2. The van der Waals surface area contributed by atoms with Crippen molar-refractivity contribution in [3.8, 4) is 11.3 Å². The molecule has 0 bridgehead atoms. The molecule has 0 N–H and O–H groups in total. The molecule has 0 saturated heterocycles. The Balaban J connectivity index is 2.16. The summed E-state index contributed by atoms with van der Waals surface area (Å²) in [5.41, 5.74) is 8.70. The van der Waals surface area contributed by atoms with Crippen LogP contribution in [0.25, 0.3) is 33.1 Å². The molecule has 0 unspecified atom stereocenters. The molecular weight excluding hydrogens is 455 g/mol. The molecule has 2 aromatic heterocycles. The van der Waals surface area contributed by atoms with Gasteiger partial charge in [0, 0.05) is 32.1 Å². The third kappa shape index (κ3) is 3.14. The van der Waals surface area contributed by atoms with Crippen LogP contribution in [0.3, 0.4) is 0 Å². The maximum atomic E-state index is 5.19. The Kier molecular flexibility index (Phi) is 5.21. The quantitative estimate of drug-likeness (QED) is 0.272. The van der Waals surface area contributed by atoms with Crippen LogP contribution in [0, 0.1) is 24.3 Å². The van der Waals surface area contributed by atoms with Gasteiger partial charge in [-0.15, -0.1) is 0 Å². The van der Waals surface area contributed by atoms with Gasteiger partial charge in [0.25, 0.3) is 0 Å². The number of hydrogen-bond acceptors (Lipinski definition) is 1. The van der Waals surface area contributed by atoms with Crippen LogP contribution in [0.15, 0.2) is 42.6 Å². The van der Waals surface area contributed by atoms with Gasteiger partial charge in [0.1, 0.15) is 0 Å². The number of fused-ring (bicyclic) bond motifs is 3. The van der Waals surface area contributed by atoms with Crippen LogP contribution in [-0.2, 0) is 0 Å². The van der Waals surface area contributed by atoms with Crippen molar-refractivity contribution in [2.45, 2.75) is 53.5 Å². The third-order valence-electron chi connectivity index (χ3n) is 5.87. The lowest BCUT2D eigenvalue weighted by Gasteiger charge is -2.19. The van der Waals surface area contributed by atoms with Gasteiger partial charge >= 0.3 is 0 Å². The Morgan fingerprint density at radius 3 is 2.25 bits per heavy atom. The number of aryl methyl sites for hydroxylation is 3. The van der Waals surface area contributed by atoms with Crippen LogP contribution in [0.4, 0.5) is 0 Å². The summed E-state index contributed by atoms with van der Waals surface area (Å²) in [6.07, 6.45) is 4.53. The van der Waals surface area contributed by atoms with Gasteiger partial charge in [-0.1, -0.05) is 31.5 Å². The number of aromatic nitrogens is 2. The van der Waals surface area contributed by atoms with Gasteiger partial charge in [-0.25, -0.2) is 4.98 Å². The Morgan fingerprint density at radius 1 is 0.929 bits per heavy atom. The molecule has 0 amide bonds. The predicted octanol–water partition coefficient (Wildman–Crippen LogP) is 7.75. The van der Waals surface area contributed by atoms with E-state index in [0.29, 0.717) is 6.04 Å². The number of rotatable bonds is 4. The molecule has 2 heterocycles. The van der Waals surface area contributed by atoms with E-state index in [4.69, 9.17) is 4.98 Å². The highest BCUT2D eigenvalue weighted by molar-refractivity contribution is 14.1. The minimum Gasteiger partial charge on any atom is -0.344 e. The number of pyridine rings is 1. The summed E-state index contributed by atoms with van der Waals surface area (Å²) in [4.78, 5) is 5.19. The molecule has 28 heavy (non-hydrogen) atoms. The average Bonchev–Trinajstić information content (AvgIpc) is 3.07. The molecule has 144 valence electrons. The van der Waals surface area contributed by atoms with Crippen LogP contribution in [-0.4, -0.2) is 9.55 Å². The summed E-state index contributed by atoms with van der Waals surface area (Å²) in [5.74, 6) is 0. The summed E-state index contributed by atoms with van der Waals surface area (Å²) in [6.45, 7) is 11.1. The smallest absolute Gasteiger partial charge is 0.0808 e. The van der Waals surface area contributed by atoms with Crippen molar-refractivity contribution >= 4 is 44.4 Å². The Morgan fingerprint density at radius 2 is 1.61 bits per heavy atom. The van der Waals surface area contributed by atoms with Crippen LogP contribution in [0.2, 0.25) is 0 Å². The van der Waals surface area contributed by atoms with Gasteiger partial charge in [-0.2, -0.15) is 0 Å². The van der Waals surface area contributed by atoms with Crippen LogP contribution in [0.1, 0.15) is 49.4 Å². The maximum Gasteiger partial charge on any atom is 0.0808 e. The van der Waals surface area contributed by atoms with Gasteiger partial charge in [0.05, 0.1) is 16.7 Å². The largest absolute Gasteiger partial charge is 0.344 e. The Hall–Kier alpha value is -1.88. The molecule has 0 atom stereocenters. The van der Waals surface area contributed by atoms with Crippen molar-refractivity contribution in [3.63, 3.8) is 0 Å². The number of halogens is 1. The van der Waals surface area contributed by atoms with Gasteiger partial charge in [-0.3, -0.25) is 0 Å². The SMILES string of the molecule is CCC(CC)n1ccc2c(-c3c(C)cc(C)cc3C)nc3cc(I)ccc3c21. The molecule has 2 aromatic carbocycles. The van der Waals surface area contributed by atoms with Crippen LogP contribution >= 0.6 is 22.6 Å². The second kappa shape index (κ2) is 7.51. The number of hydrogen-bond donors (Lipinski definition) is 0. The standard InChI is InChI=1S/C25H27IN2/c1-6-19(7-2)28-11-10-21-24(23-16(4)12-15(3)13-17(23)5)27-22-14-18(26)8-9-20(22)25(21)28/h8-14,19H,6-7H2,1-5H3. The number of benzene rings is 2. The van der Waals surface area contributed by atoms with Crippen molar-refractivity contribution in [1.29, 1.82) is 0 Å². The summed E-state index contributed by atoms with van der Waals surface area (Å²) >= 11 is 2.38. The fraction of sp³-hybridized carbons (Fsp3) is 0.320. The molecule has 3 heteroatoms. The second-order valence-corrected chi connectivity index (χ2v) is 9.10. The normalized spacial score (nSPS) is 11.8. The van der Waals surface area contributed by atoms with Crippen LogP contribution in [0.5, 0.6) is 0 Å². The zero-order valence-corrected chi connectivity index (χ0v) is 19.5. The highest BCUT2D eigenvalue weighted by atomic mass is 127. The lowest BCUT2D eigenvalue weighted by molar-refractivity contribution is 0.486. The van der Waals surface area contributed by atoms with Crippen molar-refractivity contribution in [1.82, 2.24) is 9.55 Å². The first-order valence-electron chi connectivity index (χ1n) is 10.1. The molecular formula is C25H27IN2. The first kappa shape index (κ1) is 19.4. The first-order chi connectivity index (χ1) is 13.4. The molecule has 0 saturated carbocycles. The van der Waals surface area contributed by atoms with E-state index in [2.05, 4.69) is 104 Å². The molecule has 4 rings (SSSR count). The highest BCUT2D eigenvalue weighted by Crippen LogP contribution is 2.38. The van der Waals surface area contributed by atoms with Gasteiger partial charge in [-0.05, 0) is 91.6 Å². The average molecular weight is 482 g/mol. The molecule has 0 aliphatic heterocycles. The van der Waals surface area contributed by atoms with Crippen molar-refractivity contribution < 1.29 is 0 Å². The topological polar surface area (TPSA) is 17.8 Å². The van der Waals surface area contributed by atoms with Crippen molar-refractivity contribution in [2.24, 2.45) is 0 Å². The summed E-state index contributed by atoms with van der Waals surface area (Å²) < 4.78 is 3.70. The highest BCUT2D eigenvalue weighted by Gasteiger charge is 2.19. The molecule has 2 nitrogen and oxygen atoms in total. The number of nitrogens with zero attached hydrogens (tertiary/aromatic N) is 2. The summed E-state index contributed by atoms with van der Waals surface area (Å²) in [5, 5.41) is 2.51. The van der Waals surface area contributed by atoms with E-state index in [1.54, 1.807) is 0 Å². The van der Waals surface area contributed by atoms with Gasteiger partial charge in [0.15, 0.2) is 0 Å². The maximum absolute atomic E-state index is 5.19. The van der Waals surface area contributed by atoms with E-state index >= 15 is 0 Å². The fourth-order valence-electron chi connectivity index (χ4n) is 4.63. The molecule has 4 aromatic rings. The molecule has 0 fully saturated rings. The Bertz CT molecular complexity index is 1160. The minimum atomic E-state index is 0.510. The summed E-state index contributed by atoms with van der Waals surface area (Å²) in [6, 6.07) is 14.0. The summed E-state index contributed by atoms with van der Waals surface area (Å²) in [7, 11) is 0. The second-order valence-electron chi connectivity index (χ2n) is 7.85. The molecule has 0 aliphatic rings. The van der Waals surface area contributed by atoms with E-state index in [-0.39, 0.29) is 0 Å². The van der Waals surface area contributed by atoms with E-state index < -0.39 is 0 Å². The van der Waals surface area contributed by atoms with Crippen molar-refractivity contribution in [3.05, 3.63) is 62.9 Å². The fourth-order valence-corrected chi connectivity index (χ4v) is 5.11. The lowest BCUT2D eigenvalue weighted by atomic mass is 9.94. The third-order valence-corrected chi connectivity index (χ3v) is 6.54. The van der Waals surface area contributed by atoms with Crippen molar-refractivity contribution in [2.75, 3.05) is 0 Å². The van der Waals surface area contributed by atoms with Gasteiger partial charge < -0.3 is 4.57 Å². The Labute approximate surface area is 181 Å². The zero-order chi connectivity index (χ0) is 20.0. The zero-order valence-electron chi connectivity index (χ0n) is 17.3. The minimum absolute atomic E-state index is 0.510.